The van der Waals surface area contributed by atoms with E-state index < -0.39 is 0 Å². The number of carbonyl (C=O) groups excluding carboxylic acids is 1. The summed E-state index contributed by atoms with van der Waals surface area (Å²) in [4.78, 5) is 9.98. The van der Waals surface area contributed by atoms with Gasteiger partial charge in [0.15, 0.2) is 0 Å². The number of carbonyl (C=O) groups is 1. The fourth-order valence-electron chi connectivity index (χ4n) is 0.924. The van der Waals surface area contributed by atoms with Gasteiger partial charge in [-0.1, -0.05) is 35.9 Å². The van der Waals surface area contributed by atoms with E-state index in [-0.39, 0.29) is 0 Å². The molecule has 1 aromatic carbocycles. The van der Waals surface area contributed by atoms with Crippen molar-refractivity contribution in [1.82, 2.24) is 0 Å². The molecule has 0 aliphatic rings. The maximum Gasteiger partial charge on any atom is 0.142 e. The first-order valence-electron chi connectivity index (χ1n) is 3.51. The summed E-state index contributed by atoms with van der Waals surface area (Å²) in [5.41, 5.74) is 2.27. The second-order valence-corrected chi connectivity index (χ2v) is 2.41. The molecule has 0 spiro atoms. The summed E-state index contributed by atoms with van der Waals surface area (Å²) in [5.74, 6) is 0. The number of hydrogen-bond acceptors (Lipinski definition) is 1. The van der Waals surface area contributed by atoms with Crippen molar-refractivity contribution >= 4 is 12.4 Å². The summed E-state index contributed by atoms with van der Waals surface area (Å²) in [7, 11) is 0. The highest BCUT2D eigenvalue weighted by atomic mass is 16.1. The van der Waals surface area contributed by atoms with Gasteiger partial charge in [0.05, 0.1) is 0 Å². The lowest BCUT2D eigenvalue weighted by Crippen LogP contribution is -1.74. The predicted octanol–water partition coefficient (Wildman–Crippen LogP) is 2.21. The largest absolute Gasteiger partial charge is 0.299 e. The minimum absolute atomic E-state index is 0.780. The second-order valence-electron chi connectivity index (χ2n) is 2.41. The summed E-state index contributed by atoms with van der Waals surface area (Å²) < 4.78 is 0. The highest BCUT2D eigenvalue weighted by Gasteiger charge is 1.85. The van der Waals surface area contributed by atoms with E-state index in [2.05, 4.69) is 0 Å². The number of rotatable bonds is 2. The zero-order chi connectivity index (χ0) is 8.10. The number of aldehydes is 1. The number of allylic oxidation sites excluding steroid dienone is 1. The SMILES string of the molecule is Cc1cccc(C=CC=O)c1. The van der Waals surface area contributed by atoms with E-state index in [0.29, 0.717) is 0 Å². The molecule has 1 heteroatoms. The molecule has 11 heavy (non-hydrogen) atoms. The lowest BCUT2D eigenvalue weighted by Gasteiger charge is -1.93. The maximum absolute atomic E-state index is 9.98. The summed E-state index contributed by atoms with van der Waals surface area (Å²) >= 11 is 0. The van der Waals surface area contributed by atoms with E-state index >= 15 is 0 Å². The van der Waals surface area contributed by atoms with Crippen LogP contribution in [0.4, 0.5) is 0 Å². The van der Waals surface area contributed by atoms with Crippen molar-refractivity contribution in [2.75, 3.05) is 0 Å². The number of benzene rings is 1. The lowest BCUT2D eigenvalue weighted by atomic mass is 10.1. The van der Waals surface area contributed by atoms with Crippen LogP contribution in [0.5, 0.6) is 0 Å². The lowest BCUT2D eigenvalue weighted by molar-refractivity contribution is -0.104. The van der Waals surface area contributed by atoms with Gasteiger partial charge in [-0.2, -0.15) is 0 Å². The minimum Gasteiger partial charge on any atom is -0.299 e. The zero-order valence-corrected chi connectivity index (χ0v) is 6.45. The van der Waals surface area contributed by atoms with Gasteiger partial charge in [0.2, 0.25) is 0 Å². The Morgan fingerprint density at radius 3 is 2.82 bits per heavy atom. The van der Waals surface area contributed by atoms with Crippen LogP contribution in [0.2, 0.25) is 0 Å². The normalized spacial score (nSPS) is 10.3. The number of aryl methyl sites for hydroxylation is 1. The van der Waals surface area contributed by atoms with Crippen molar-refractivity contribution in [2.24, 2.45) is 0 Å². The molecule has 0 saturated heterocycles. The van der Waals surface area contributed by atoms with E-state index in [9.17, 15) is 4.79 Å². The average Bonchev–Trinajstić information content (AvgIpc) is 2.01. The molecule has 0 aliphatic carbocycles. The average molecular weight is 146 g/mol. The van der Waals surface area contributed by atoms with Gasteiger partial charge in [-0.25, -0.2) is 0 Å². The predicted molar refractivity (Wildman–Crippen MR) is 46.3 cm³/mol. The summed E-state index contributed by atoms with van der Waals surface area (Å²) in [6.45, 7) is 2.03. The fraction of sp³-hybridized carbons (Fsp3) is 0.100. The Bertz CT molecular complexity index is 274. The first-order chi connectivity index (χ1) is 5.33. The molecule has 1 rings (SSSR count). The van der Waals surface area contributed by atoms with Crippen LogP contribution in [0.1, 0.15) is 11.1 Å². The Morgan fingerprint density at radius 2 is 2.18 bits per heavy atom. The molecular formula is C10H10O. The summed E-state index contributed by atoms with van der Waals surface area (Å²) in [6.07, 6.45) is 4.07. The minimum atomic E-state index is 0.780. The van der Waals surface area contributed by atoms with Gasteiger partial charge in [-0.15, -0.1) is 0 Å². The van der Waals surface area contributed by atoms with Crippen molar-refractivity contribution in [3.05, 3.63) is 41.5 Å². The van der Waals surface area contributed by atoms with Gasteiger partial charge in [0, 0.05) is 0 Å². The Labute approximate surface area is 66.4 Å². The first-order valence-corrected chi connectivity index (χ1v) is 3.51. The van der Waals surface area contributed by atoms with Crippen molar-refractivity contribution in [3.8, 4) is 0 Å². The van der Waals surface area contributed by atoms with E-state index in [1.54, 1.807) is 6.08 Å². The Hall–Kier alpha value is -1.37. The van der Waals surface area contributed by atoms with Gasteiger partial charge in [0.25, 0.3) is 0 Å². The van der Waals surface area contributed by atoms with Gasteiger partial charge in [-0.3, -0.25) is 4.79 Å². The summed E-state index contributed by atoms with van der Waals surface area (Å²) in [5, 5.41) is 0. The monoisotopic (exact) mass is 146 g/mol. The molecule has 0 saturated carbocycles. The maximum atomic E-state index is 9.98. The van der Waals surface area contributed by atoms with Gasteiger partial charge < -0.3 is 0 Å². The first kappa shape index (κ1) is 7.73. The zero-order valence-electron chi connectivity index (χ0n) is 6.45. The third kappa shape index (κ3) is 2.38. The molecule has 0 fully saturated rings. The molecule has 0 aromatic heterocycles. The number of hydrogen-bond donors (Lipinski definition) is 0. The molecule has 0 aliphatic heterocycles. The van der Waals surface area contributed by atoms with E-state index in [4.69, 9.17) is 0 Å². The van der Waals surface area contributed by atoms with Crippen LogP contribution in [0.15, 0.2) is 30.3 Å². The van der Waals surface area contributed by atoms with Crippen LogP contribution in [0.3, 0.4) is 0 Å². The smallest absolute Gasteiger partial charge is 0.142 e. The quantitative estimate of drug-likeness (QED) is 0.461. The van der Waals surface area contributed by atoms with Crippen LogP contribution in [-0.2, 0) is 4.79 Å². The van der Waals surface area contributed by atoms with Gasteiger partial charge in [-0.05, 0) is 18.6 Å². The highest BCUT2D eigenvalue weighted by Crippen LogP contribution is 2.04. The molecule has 0 radical (unpaired) electrons. The molecule has 0 bridgehead atoms. The molecule has 1 aromatic rings. The van der Waals surface area contributed by atoms with Crippen LogP contribution >= 0.6 is 0 Å². The standard InChI is InChI=1S/C10H10O/c1-9-4-2-5-10(8-9)6-3-7-11/h2-8H,1H3. The van der Waals surface area contributed by atoms with E-state index in [1.165, 1.54) is 11.6 Å². The third-order valence-corrected chi connectivity index (χ3v) is 1.41. The molecule has 0 atom stereocenters. The van der Waals surface area contributed by atoms with Gasteiger partial charge >= 0.3 is 0 Å². The van der Waals surface area contributed by atoms with Crippen molar-refractivity contribution in [2.45, 2.75) is 6.92 Å². The van der Waals surface area contributed by atoms with Crippen LogP contribution in [-0.4, -0.2) is 6.29 Å². The van der Waals surface area contributed by atoms with Crippen molar-refractivity contribution < 1.29 is 4.79 Å². The van der Waals surface area contributed by atoms with Crippen LogP contribution < -0.4 is 0 Å². The third-order valence-electron chi connectivity index (χ3n) is 1.41. The van der Waals surface area contributed by atoms with E-state index in [1.807, 2.05) is 31.2 Å². The molecule has 0 unspecified atom stereocenters. The van der Waals surface area contributed by atoms with Crippen molar-refractivity contribution in [1.29, 1.82) is 0 Å². The molecule has 0 amide bonds. The fourth-order valence-corrected chi connectivity index (χ4v) is 0.924. The van der Waals surface area contributed by atoms with E-state index in [0.717, 1.165) is 11.8 Å². The highest BCUT2D eigenvalue weighted by molar-refractivity contribution is 5.73. The van der Waals surface area contributed by atoms with Gasteiger partial charge in [0.1, 0.15) is 6.29 Å². The molecule has 1 nitrogen and oxygen atoms in total. The summed E-state index contributed by atoms with van der Waals surface area (Å²) in [6, 6.07) is 7.99. The topological polar surface area (TPSA) is 17.1 Å². The molecule has 0 N–H and O–H groups in total. The molecule has 56 valence electrons. The molecule has 0 heterocycles. The second kappa shape index (κ2) is 3.71. The Balaban J connectivity index is 2.87. The van der Waals surface area contributed by atoms with Crippen LogP contribution in [0, 0.1) is 6.92 Å². The molecular weight excluding hydrogens is 136 g/mol. The van der Waals surface area contributed by atoms with Crippen LogP contribution in [0.25, 0.3) is 6.08 Å². The Morgan fingerprint density at radius 1 is 1.36 bits per heavy atom. The Kier molecular flexibility index (Phi) is 2.61. The van der Waals surface area contributed by atoms with Crippen molar-refractivity contribution in [3.63, 3.8) is 0 Å².